The zero-order valence-corrected chi connectivity index (χ0v) is 8.37. The summed E-state index contributed by atoms with van der Waals surface area (Å²) in [5.41, 5.74) is -9.12. The maximum atomic E-state index is 13.9. The van der Waals surface area contributed by atoms with Crippen molar-refractivity contribution in [3.8, 4) is 0 Å². The lowest BCUT2D eigenvalue weighted by atomic mass is 9.75. The molecule has 1 unspecified atom stereocenters. The number of hydrogen-bond donors (Lipinski definition) is 1. The van der Waals surface area contributed by atoms with Gasteiger partial charge in [-0.3, -0.25) is 0 Å². The lowest BCUT2D eigenvalue weighted by Crippen LogP contribution is -2.69. The van der Waals surface area contributed by atoms with Crippen molar-refractivity contribution in [2.75, 3.05) is 0 Å². The van der Waals surface area contributed by atoms with Crippen LogP contribution in [0.1, 0.15) is 19.3 Å². The molecule has 1 nitrogen and oxygen atoms in total. The number of hydrogen-bond acceptors (Lipinski definition) is 1. The van der Waals surface area contributed by atoms with Crippen LogP contribution in [0.25, 0.3) is 0 Å². The van der Waals surface area contributed by atoms with Gasteiger partial charge < -0.3 is 5.11 Å². The highest BCUT2D eigenvalue weighted by atomic mass is 19.4. The van der Waals surface area contributed by atoms with Crippen molar-refractivity contribution in [3.05, 3.63) is 12.2 Å². The summed E-state index contributed by atoms with van der Waals surface area (Å²) in [5.74, 6) is 0. The molecule has 0 aliphatic heterocycles. The maximum Gasteiger partial charge on any atom is 0.429 e. The first kappa shape index (κ1) is 14.3. The van der Waals surface area contributed by atoms with E-state index in [1.54, 1.807) is 0 Å². The normalized spacial score (nSPS) is 27.3. The van der Waals surface area contributed by atoms with E-state index < -0.39 is 36.5 Å². The highest BCUT2D eigenvalue weighted by Crippen LogP contribution is 2.54. The van der Waals surface area contributed by atoms with E-state index >= 15 is 0 Å². The number of alkyl halides is 7. The van der Waals surface area contributed by atoms with E-state index in [0.29, 0.717) is 0 Å². The molecule has 1 N–H and O–H groups in total. The second-order valence-electron chi connectivity index (χ2n) is 3.89. The molecule has 1 aliphatic carbocycles. The summed E-state index contributed by atoms with van der Waals surface area (Å²) in [7, 11) is 0. The lowest BCUT2D eigenvalue weighted by Gasteiger charge is -2.43. The molecular formula is C9H9F7O. The monoisotopic (exact) mass is 266 g/mol. The molecular weight excluding hydrogens is 257 g/mol. The lowest BCUT2D eigenvalue weighted by molar-refractivity contribution is -0.403. The van der Waals surface area contributed by atoms with E-state index in [0.717, 1.165) is 6.08 Å². The first-order valence-corrected chi connectivity index (χ1v) is 4.65. The van der Waals surface area contributed by atoms with E-state index in [1.165, 1.54) is 6.08 Å². The third kappa shape index (κ3) is 2.02. The summed E-state index contributed by atoms with van der Waals surface area (Å²) in [6, 6.07) is 0. The van der Waals surface area contributed by atoms with Crippen LogP contribution in [0.5, 0.6) is 0 Å². The van der Waals surface area contributed by atoms with Crippen molar-refractivity contribution < 1.29 is 35.8 Å². The van der Waals surface area contributed by atoms with Crippen molar-refractivity contribution >= 4 is 0 Å². The third-order valence-electron chi connectivity index (χ3n) is 2.78. The molecule has 0 aromatic heterocycles. The summed E-state index contributed by atoms with van der Waals surface area (Å²) in [5, 5.41) is 8.91. The molecule has 0 aromatic rings. The molecule has 1 rings (SSSR count). The molecule has 1 atom stereocenters. The van der Waals surface area contributed by atoms with E-state index in [9.17, 15) is 30.7 Å². The van der Waals surface area contributed by atoms with Crippen molar-refractivity contribution in [1.29, 1.82) is 0 Å². The molecule has 8 heteroatoms. The average Bonchev–Trinajstić information content (AvgIpc) is 2.14. The van der Waals surface area contributed by atoms with Crippen LogP contribution in [0, 0.1) is 0 Å². The number of halogens is 7. The first-order valence-electron chi connectivity index (χ1n) is 4.65. The Morgan fingerprint density at radius 3 is 1.71 bits per heavy atom. The molecule has 0 amide bonds. The van der Waals surface area contributed by atoms with Crippen LogP contribution in [-0.2, 0) is 0 Å². The molecule has 0 fully saturated rings. The summed E-state index contributed by atoms with van der Waals surface area (Å²) in [4.78, 5) is 0. The fourth-order valence-electron chi connectivity index (χ4n) is 1.80. The number of aliphatic hydroxyl groups is 1. The third-order valence-corrected chi connectivity index (χ3v) is 2.78. The number of allylic oxidation sites excluding steroid dienone is 2. The van der Waals surface area contributed by atoms with E-state index in [1.807, 2.05) is 0 Å². The van der Waals surface area contributed by atoms with Crippen LogP contribution in [-0.4, -0.2) is 28.7 Å². The predicted octanol–water partition coefficient (Wildman–Crippen LogP) is 3.29. The Labute approximate surface area is 91.9 Å². The summed E-state index contributed by atoms with van der Waals surface area (Å²) in [6.45, 7) is 0. The molecule has 17 heavy (non-hydrogen) atoms. The second-order valence-corrected chi connectivity index (χ2v) is 3.89. The van der Waals surface area contributed by atoms with Crippen LogP contribution < -0.4 is 0 Å². The molecule has 100 valence electrons. The Balaban J connectivity index is 3.30. The SMILES string of the molecule is OC(C(F)(F)F)(C(F)(F)F)C1(F)CC=CCC1. The Kier molecular flexibility index (Phi) is 3.24. The smallest absolute Gasteiger partial charge is 0.371 e. The van der Waals surface area contributed by atoms with Crippen molar-refractivity contribution in [2.45, 2.75) is 42.9 Å². The van der Waals surface area contributed by atoms with Crippen LogP contribution in [0.3, 0.4) is 0 Å². The highest BCUT2D eigenvalue weighted by Gasteiger charge is 2.79. The summed E-state index contributed by atoms with van der Waals surface area (Å²) >= 11 is 0. The minimum Gasteiger partial charge on any atom is -0.371 e. The largest absolute Gasteiger partial charge is 0.429 e. The zero-order valence-electron chi connectivity index (χ0n) is 8.37. The van der Waals surface area contributed by atoms with Gasteiger partial charge in [0.05, 0.1) is 0 Å². The van der Waals surface area contributed by atoms with E-state index in [-0.39, 0.29) is 6.42 Å². The summed E-state index contributed by atoms with van der Waals surface area (Å²) < 4.78 is 88.2. The fraction of sp³-hybridized carbons (Fsp3) is 0.778. The minimum atomic E-state index is -6.12. The van der Waals surface area contributed by atoms with Gasteiger partial charge in [0.25, 0.3) is 5.60 Å². The standard InChI is InChI=1S/C9H9F7O/c10-6(4-2-1-3-5-6)7(17,8(11,12)13)9(14,15)16/h1-2,17H,3-5H2. The molecule has 0 heterocycles. The van der Waals surface area contributed by atoms with Gasteiger partial charge in [-0.05, 0) is 12.8 Å². The topological polar surface area (TPSA) is 20.2 Å². The molecule has 0 saturated carbocycles. The van der Waals surface area contributed by atoms with Crippen molar-refractivity contribution in [1.82, 2.24) is 0 Å². The molecule has 1 aliphatic rings. The second kappa shape index (κ2) is 3.86. The van der Waals surface area contributed by atoms with Gasteiger partial charge in [-0.25, -0.2) is 4.39 Å². The predicted molar refractivity (Wildman–Crippen MR) is 43.9 cm³/mol. The van der Waals surface area contributed by atoms with Gasteiger partial charge in [0, 0.05) is 6.42 Å². The quantitative estimate of drug-likeness (QED) is 0.570. The average molecular weight is 266 g/mol. The molecule has 0 saturated heterocycles. The van der Waals surface area contributed by atoms with Crippen LogP contribution in [0.4, 0.5) is 30.7 Å². The van der Waals surface area contributed by atoms with Crippen LogP contribution >= 0.6 is 0 Å². The zero-order chi connectivity index (χ0) is 13.5. The maximum absolute atomic E-state index is 13.9. The Bertz CT molecular complexity index is 302. The Morgan fingerprint density at radius 2 is 1.41 bits per heavy atom. The Morgan fingerprint density at radius 1 is 0.941 bits per heavy atom. The highest BCUT2D eigenvalue weighted by molar-refractivity contribution is 5.15. The van der Waals surface area contributed by atoms with Crippen LogP contribution in [0.2, 0.25) is 0 Å². The van der Waals surface area contributed by atoms with Crippen LogP contribution in [0.15, 0.2) is 12.2 Å². The van der Waals surface area contributed by atoms with Gasteiger partial charge in [-0.2, -0.15) is 26.3 Å². The molecule has 0 spiro atoms. The molecule has 0 bridgehead atoms. The van der Waals surface area contributed by atoms with Gasteiger partial charge in [0.2, 0.25) is 0 Å². The van der Waals surface area contributed by atoms with E-state index in [2.05, 4.69) is 0 Å². The number of rotatable bonds is 1. The summed E-state index contributed by atoms with van der Waals surface area (Å²) in [6.07, 6.45) is -12.5. The molecule has 0 radical (unpaired) electrons. The van der Waals surface area contributed by atoms with Gasteiger partial charge >= 0.3 is 12.4 Å². The van der Waals surface area contributed by atoms with E-state index in [4.69, 9.17) is 5.11 Å². The van der Waals surface area contributed by atoms with Crippen molar-refractivity contribution in [3.63, 3.8) is 0 Å². The minimum absolute atomic E-state index is 0.287. The first-order chi connectivity index (χ1) is 7.46. The van der Waals surface area contributed by atoms with Gasteiger partial charge in [0.1, 0.15) is 0 Å². The van der Waals surface area contributed by atoms with Crippen molar-refractivity contribution in [2.24, 2.45) is 0 Å². The Hall–Kier alpha value is -0.790. The molecule has 0 aromatic carbocycles. The van der Waals surface area contributed by atoms with Gasteiger partial charge in [0.15, 0.2) is 5.67 Å². The van der Waals surface area contributed by atoms with Gasteiger partial charge in [-0.15, -0.1) is 0 Å². The van der Waals surface area contributed by atoms with Gasteiger partial charge in [-0.1, -0.05) is 12.2 Å². The fourth-order valence-corrected chi connectivity index (χ4v) is 1.80.